The van der Waals surface area contributed by atoms with Crippen LogP contribution in [0.25, 0.3) is 10.2 Å². The molecule has 1 unspecified atom stereocenters. The number of halogens is 3. The van der Waals surface area contributed by atoms with Crippen LogP contribution in [0.5, 0.6) is 0 Å². The van der Waals surface area contributed by atoms with Gasteiger partial charge in [-0.3, -0.25) is 9.69 Å². The summed E-state index contributed by atoms with van der Waals surface area (Å²) in [5.74, 6) is 0.0976. The summed E-state index contributed by atoms with van der Waals surface area (Å²) in [7, 11) is 0. The van der Waals surface area contributed by atoms with Gasteiger partial charge in [-0.05, 0) is 34.0 Å². The first-order chi connectivity index (χ1) is 9.08. The highest BCUT2D eigenvalue weighted by Gasteiger charge is 2.31. The summed E-state index contributed by atoms with van der Waals surface area (Å²) < 4.78 is 14.7. The minimum atomic E-state index is -0.305. The van der Waals surface area contributed by atoms with Crippen molar-refractivity contribution in [2.24, 2.45) is 5.92 Å². The molecule has 1 aliphatic heterocycles. The van der Waals surface area contributed by atoms with E-state index in [2.05, 4.69) is 36.8 Å². The van der Waals surface area contributed by atoms with E-state index in [9.17, 15) is 9.18 Å². The summed E-state index contributed by atoms with van der Waals surface area (Å²) in [6.45, 7) is 0.671. The highest BCUT2D eigenvalue weighted by atomic mass is 79.9. The second kappa shape index (κ2) is 5.10. The van der Waals surface area contributed by atoms with E-state index in [1.165, 1.54) is 23.5 Å². The number of amides is 1. The summed E-state index contributed by atoms with van der Waals surface area (Å²) in [4.78, 5) is 18.1. The van der Waals surface area contributed by atoms with Crippen LogP contribution in [0.15, 0.2) is 16.6 Å². The maximum Gasteiger partial charge on any atom is 0.229 e. The van der Waals surface area contributed by atoms with Gasteiger partial charge in [-0.2, -0.15) is 0 Å². The summed E-state index contributed by atoms with van der Waals surface area (Å²) in [5, 5.41) is 1.45. The number of alkyl halides is 1. The standard InChI is InChI=1S/C12H9Br2FN2OS/c13-4-6-1-10(18)17(5-6)12-16-11-8(14)2-7(15)3-9(11)19-12/h2-3,6H,1,4-5H2. The van der Waals surface area contributed by atoms with Crippen molar-refractivity contribution in [2.75, 3.05) is 16.8 Å². The zero-order valence-electron chi connectivity index (χ0n) is 9.70. The lowest BCUT2D eigenvalue weighted by molar-refractivity contribution is -0.117. The van der Waals surface area contributed by atoms with Crippen molar-refractivity contribution in [3.05, 3.63) is 22.4 Å². The average molecular weight is 408 g/mol. The predicted octanol–water partition coefficient (Wildman–Crippen LogP) is 3.95. The van der Waals surface area contributed by atoms with Crippen molar-refractivity contribution in [3.63, 3.8) is 0 Å². The maximum absolute atomic E-state index is 13.3. The number of benzene rings is 1. The Morgan fingerprint density at radius 1 is 1.53 bits per heavy atom. The van der Waals surface area contributed by atoms with Gasteiger partial charge in [0.15, 0.2) is 5.13 Å². The molecule has 100 valence electrons. The molecule has 2 aromatic rings. The third kappa shape index (κ3) is 2.43. The molecule has 0 spiro atoms. The van der Waals surface area contributed by atoms with Crippen molar-refractivity contribution in [2.45, 2.75) is 6.42 Å². The van der Waals surface area contributed by atoms with E-state index in [0.29, 0.717) is 34.0 Å². The number of aromatic nitrogens is 1. The van der Waals surface area contributed by atoms with Gasteiger partial charge in [-0.1, -0.05) is 27.3 Å². The number of anilines is 1. The molecule has 1 aliphatic rings. The Balaban J connectivity index is 2.02. The minimum absolute atomic E-state index is 0.0834. The zero-order chi connectivity index (χ0) is 13.6. The number of hydrogen-bond donors (Lipinski definition) is 0. The Morgan fingerprint density at radius 2 is 2.32 bits per heavy atom. The molecule has 0 radical (unpaired) electrons. The van der Waals surface area contributed by atoms with Crippen LogP contribution in [0.2, 0.25) is 0 Å². The van der Waals surface area contributed by atoms with E-state index in [1.807, 2.05) is 0 Å². The lowest BCUT2D eigenvalue weighted by atomic mass is 10.2. The second-order valence-corrected chi connectivity index (χ2v) is 6.97. The van der Waals surface area contributed by atoms with Crippen LogP contribution in [0, 0.1) is 11.7 Å². The van der Waals surface area contributed by atoms with Crippen LogP contribution < -0.4 is 4.90 Å². The van der Waals surface area contributed by atoms with Gasteiger partial charge in [-0.15, -0.1) is 0 Å². The topological polar surface area (TPSA) is 33.2 Å². The highest BCUT2D eigenvalue weighted by molar-refractivity contribution is 9.10. The second-order valence-electron chi connectivity index (χ2n) is 4.46. The molecule has 0 bridgehead atoms. The first-order valence-corrected chi connectivity index (χ1v) is 8.43. The monoisotopic (exact) mass is 406 g/mol. The Bertz CT molecular complexity index is 660. The number of carbonyl (C=O) groups excluding carboxylic acids is 1. The summed E-state index contributed by atoms with van der Waals surface area (Å²) in [5.41, 5.74) is 0.705. The Morgan fingerprint density at radius 3 is 3.00 bits per heavy atom. The van der Waals surface area contributed by atoms with Gasteiger partial charge in [0.1, 0.15) is 5.82 Å². The molecule has 1 amide bonds. The SMILES string of the molecule is O=C1CC(CBr)CN1c1nc2c(Br)cc(F)cc2s1. The molecule has 3 rings (SSSR count). The van der Waals surface area contributed by atoms with Gasteiger partial charge >= 0.3 is 0 Å². The largest absolute Gasteiger partial charge is 0.288 e. The van der Waals surface area contributed by atoms with Crippen molar-refractivity contribution in [1.29, 1.82) is 0 Å². The minimum Gasteiger partial charge on any atom is -0.288 e. The average Bonchev–Trinajstić information content (AvgIpc) is 2.92. The molecular weight excluding hydrogens is 399 g/mol. The molecule has 0 saturated carbocycles. The molecule has 1 aromatic carbocycles. The van der Waals surface area contributed by atoms with Crippen LogP contribution in [-0.4, -0.2) is 22.8 Å². The van der Waals surface area contributed by atoms with Crippen LogP contribution >= 0.6 is 43.2 Å². The molecule has 1 atom stereocenters. The van der Waals surface area contributed by atoms with Crippen molar-refractivity contribution in [1.82, 2.24) is 4.98 Å². The summed E-state index contributed by atoms with van der Waals surface area (Å²) in [6.07, 6.45) is 0.538. The van der Waals surface area contributed by atoms with Crippen molar-refractivity contribution >= 4 is 64.5 Å². The number of thiazole rings is 1. The quantitative estimate of drug-likeness (QED) is 0.706. The highest BCUT2D eigenvalue weighted by Crippen LogP contribution is 2.36. The van der Waals surface area contributed by atoms with E-state index in [1.54, 1.807) is 4.90 Å². The maximum atomic E-state index is 13.3. The van der Waals surface area contributed by atoms with Gasteiger partial charge in [0.05, 0.1) is 10.2 Å². The van der Waals surface area contributed by atoms with Crippen molar-refractivity contribution < 1.29 is 9.18 Å². The van der Waals surface area contributed by atoms with E-state index < -0.39 is 0 Å². The Kier molecular flexibility index (Phi) is 3.61. The van der Waals surface area contributed by atoms with Gasteiger partial charge in [0, 0.05) is 22.8 Å². The molecule has 2 heterocycles. The fraction of sp³-hybridized carbons (Fsp3) is 0.333. The lowest BCUT2D eigenvalue weighted by Gasteiger charge is -2.11. The molecule has 0 aliphatic carbocycles. The molecule has 1 fully saturated rings. The molecule has 3 nitrogen and oxygen atoms in total. The molecule has 19 heavy (non-hydrogen) atoms. The van der Waals surface area contributed by atoms with E-state index >= 15 is 0 Å². The lowest BCUT2D eigenvalue weighted by Crippen LogP contribution is -2.24. The van der Waals surface area contributed by atoms with E-state index in [4.69, 9.17) is 0 Å². The molecule has 0 N–H and O–H groups in total. The molecule has 1 aromatic heterocycles. The third-order valence-electron chi connectivity index (χ3n) is 3.06. The first-order valence-electron chi connectivity index (χ1n) is 5.70. The smallest absolute Gasteiger partial charge is 0.229 e. The third-order valence-corrected chi connectivity index (χ3v) is 5.60. The van der Waals surface area contributed by atoms with Crippen LogP contribution in [0.4, 0.5) is 9.52 Å². The normalized spacial score (nSPS) is 19.6. The van der Waals surface area contributed by atoms with Gasteiger partial charge < -0.3 is 0 Å². The first kappa shape index (κ1) is 13.5. The van der Waals surface area contributed by atoms with Gasteiger partial charge in [-0.25, -0.2) is 9.37 Å². The van der Waals surface area contributed by atoms with Crippen LogP contribution in [-0.2, 0) is 4.79 Å². The number of hydrogen-bond acceptors (Lipinski definition) is 3. The zero-order valence-corrected chi connectivity index (χ0v) is 13.7. The number of rotatable bonds is 2. The number of nitrogens with zero attached hydrogens (tertiary/aromatic N) is 2. The fourth-order valence-electron chi connectivity index (χ4n) is 2.13. The predicted molar refractivity (Wildman–Crippen MR) is 81.5 cm³/mol. The van der Waals surface area contributed by atoms with Crippen molar-refractivity contribution in [3.8, 4) is 0 Å². The summed E-state index contributed by atoms with van der Waals surface area (Å²) in [6, 6.07) is 2.84. The summed E-state index contributed by atoms with van der Waals surface area (Å²) >= 11 is 8.06. The number of carbonyl (C=O) groups is 1. The Labute approximate surface area is 130 Å². The molecular formula is C12H9Br2FN2OS. The van der Waals surface area contributed by atoms with E-state index in [-0.39, 0.29) is 11.7 Å². The number of fused-ring (bicyclic) bond motifs is 1. The molecule has 1 saturated heterocycles. The fourth-order valence-corrected chi connectivity index (χ4v) is 4.26. The molecule has 7 heteroatoms. The van der Waals surface area contributed by atoms with E-state index in [0.717, 1.165) is 10.0 Å². The van der Waals surface area contributed by atoms with Crippen LogP contribution in [0.3, 0.4) is 0 Å². The van der Waals surface area contributed by atoms with Gasteiger partial charge in [0.2, 0.25) is 5.91 Å². The Hall–Kier alpha value is -0.530. The van der Waals surface area contributed by atoms with Gasteiger partial charge in [0.25, 0.3) is 0 Å². The van der Waals surface area contributed by atoms with Crippen LogP contribution in [0.1, 0.15) is 6.42 Å².